The van der Waals surface area contributed by atoms with Crippen LogP contribution in [0.25, 0.3) is 93.6 Å². The molecule has 0 spiro atoms. The fourth-order valence-electron chi connectivity index (χ4n) is 9.32. The van der Waals surface area contributed by atoms with E-state index in [4.69, 9.17) is 4.42 Å². The van der Waals surface area contributed by atoms with Crippen LogP contribution in [0.1, 0.15) is 0 Å². The Morgan fingerprint density at radius 1 is 0.361 bits per heavy atom. The molecule has 3 nitrogen and oxygen atoms in total. The van der Waals surface area contributed by atoms with E-state index in [1.807, 2.05) is 0 Å². The third-order valence-electron chi connectivity index (χ3n) is 12.2. The normalized spacial score (nSPS) is 11.6. The maximum atomic E-state index is 7.08. The number of nitrogens with zero attached hydrogens (tertiary/aromatic N) is 2. The molecule has 3 heteroatoms. The summed E-state index contributed by atoms with van der Waals surface area (Å²) in [6.07, 6.45) is 0. The van der Waals surface area contributed by atoms with E-state index in [1.165, 1.54) is 49.3 Å². The van der Waals surface area contributed by atoms with Gasteiger partial charge in [-0.15, -0.1) is 0 Å². The van der Waals surface area contributed by atoms with Crippen molar-refractivity contribution < 1.29 is 4.42 Å². The zero-order chi connectivity index (χ0) is 40.3. The van der Waals surface area contributed by atoms with Crippen molar-refractivity contribution in [3.63, 3.8) is 0 Å². The van der Waals surface area contributed by atoms with Crippen LogP contribution in [0.3, 0.4) is 0 Å². The minimum Gasteiger partial charge on any atom is -0.455 e. The Morgan fingerprint density at radius 2 is 0.918 bits per heavy atom. The molecule has 0 N–H and O–H groups in total. The van der Waals surface area contributed by atoms with Gasteiger partial charge in [0.15, 0.2) is 0 Å². The first kappa shape index (κ1) is 34.9. The fourth-order valence-corrected chi connectivity index (χ4v) is 9.32. The number of fused-ring (bicyclic) bond motifs is 8. The summed E-state index contributed by atoms with van der Waals surface area (Å²) in [6, 6.07) is 82.7. The number of anilines is 3. The van der Waals surface area contributed by atoms with Crippen molar-refractivity contribution in [1.29, 1.82) is 0 Å². The molecular formula is C58H38N2O. The fraction of sp³-hybridized carbons (Fsp3) is 0. The first-order chi connectivity index (χ1) is 30.3. The average molecular weight is 779 g/mol. The maximum Gasteiger partial charge on any atom is 0.145 e. The highest BCUT2D eigenvalue weighted by Crippen LogP contribution is 2.48. The summed E-state index contributed by atoms with van der Waals surface area (Å²) in [4.78, 5) is 2.38. The highest BCUT2D eigenvalue weighted by molar-refractivity contribution is 6.25. The lowest BCUT2D eigenvalue weighted by atomic mass is 9.96. The molecule has 0 unspecified atom stereocenters. The third-order valence-corrected chi connectivity index (χ3v) is 12.2. The number of hydrogen-bond donors (Lipinski definition) is 0. The Labute approximate surface area is 353 Å². The van der Waals surface area contributed by atoms with Gasteiger partial charge in [-0.25, -0.2) is 0 Å². The summed E-state index contributed by atoms with van der Waals surface area (Å²) in [6.45, 7) is 0. The second-order valence-corrected chi connectivity index (χ2v) is 15.7. The van der Waals surface area contributed by atoms with E-state index in [1.54, 1.807) is 0 Å². The lowest BCUT2D eigenvalue weighted by Gasteiger charge is -2.27. The van der Waals surface area contributed by atoms with Crippen LogP contribution in [-0.2, 0) is 0 Å². The molecule has 0 atom stereocenters. The van der Waals surface area contributed by atoms with Crippen LogP contribution < -0.4 is 4.90 Å². The number of furan rings is 1. The SMILES string of the molecule is c1ccc(-c2ccc(-c3ccc(N(c4ccccc4)c4ccc(-c5ccc6c7ccccc7n(-c7ccccc7)c6c5)c5oc6ccc7ccccc7c6c45)cc3)cc2)cc1. The largest absolute Gasteiger partial charge is 0.455 e. The van der Waals surface area contributed by atoms with E-state index in [0.717, 1.165) is 61.3 Å². The summed E-state index contributed by atoms with van der Waals surface area (Å²) in [5.74, 6) is 0. The van der Waals surface area contributed by atoms with Crippen LogP contribution in [0, 0.1) is 0 Å². The number of benzene rings is 10. The molecule has 2 heterocycles. The van der Waals surface area contributed by atoms with Crippen LogP contribution in [0.15, 0.2) is 235 Å². The number of aromatic nitrogens is 1. The lowest BCUT2D eigenvalue weighted by molar-refractivity contribution is 0.670. The Bertz CT molecular complexity index is 3550. The highest BCUT2D eigenvalue weighted by Gasteiger charge is 2.24. The molecule has 2 aromatic heterocycles. The summed E-state index contributed by atoms with van der Waals surface area (Å²) < 4.78 is 9.46. The van der Waals surface area contributed by atoms with Gasteiger partial charge >= 0.3 is 0 Å². The van der Waals surface area contributed by atoms with Crippen molar-refractivity contribution in [1.82, 2.24) is 4.57 Å². The highest BCUT2D eigenvalue weighted by atomic mass is 16.3. The van der Waals surface area contributed by atoms with E-state index >= 15 is 0 Å². The minimum atomic E-state index is 0.863. The Morgan fingerprint density at radius 3 is 1.66 bits per heavy atom. The predicted octanol–water partition coefficient (Wildman–Crippen LogP) is 16.3. The summed E-state index contributed by atoms with van der Waals surface area (Å²) in [5.41, 5.74) is 15.3. The Balaban J connectivity index is 1.06. The van der Waals surface area contributed by atoms with E-state index in [0.29, 0.717) is 0 Å². The van der Waals surface area contributed by atoms with Gasteiger partial charge in [0.25, 0.3) is 0 Å². The Hall–Kier alpha value is -8.14. The topological polar surface area (TPSA) is 21.3 Å². The van der Waals surface area contributed by atoms with Crippen molar-refractivity contribution in [2.45, 2.75) is 0 Å². The second kappa shape index (κ2) is 14.3. The van der Waals surface area contributed by atoms with E-state index in [-0.39, 0.29) is 0 Å². The summed E-state index contributed by atoms with van der Waals surface area (Å²) in [7, 11) is 0. The molecule has 286 valence electrons. The molecule has 10 aromatic carbocycles. The summed E-state index contributed by atoms with van der Waals surface area (Å²) in [5, 5.41) is 6.99. The zero-order valence-corrected chi connectivity index (χ0v) is 33.2. The standard InChI is InChI=1S/C58H38N2O/c1-4-14-39(15-5-1)40-24-26-41(27-25-40)42-28-32-47(33-29-42)59(45-17-6-2-7-18-45)53-36-35-49(58-57(53)56-48-21-11-10-16-43(48)31-37-55(56)61-58)44-30-34-51-50-22-12-13-23-52(50)60(54(51)38-44)46-19-8-3-9-20-46/h1-38H. The van der Waals surface area contributed by atoms with E-state index in [9.17, 15) is 0 Å². The smallest absolute Gasteiger partial charge is 0.145 e. The van der Waals surface area contributed by atoms with Crippen LogP contribution in [0.5, 0.6) is 0 Å². The second-order valence-electron chi connectivity index (χ2n) is 15.7. The number of hydrogen-bond acceptors (Lipinski definition) is 2. The Kier molecular flexibility index (Phi) is 8.17. The van der Waals surface area contributed by atoms with Gasteiger partial charge in [-0.05, 0) is 105 Å². The number of rotatable bonds is 7. The van der Waals surface area contributed by atoms with Crippen molar-refractivity contribution in [2.24, 2.45) is 0 Å². The van der Waals surface area contributed by atoms with Crippen molar-refractivity contribution in [3.05, 3.63) is 231 Å². The molecule has 0 saturated heterocycles. The zero-order valence-electron chi connectivity index (χ0n) is 33.2. The molecule has 0 aliphatic carbocycles. The first-order valence-electron chi connectivity index (χ1n) is 20.8. The van der Waals surface area contributed by atoms with Gasteiger partial charge in [0.1, 0.15) is 11.2 Å². The van der Waals surface area contributed by atoms with Crippen molar-refractivity contribution >= 4 is 71.6 Å². The molecule has 0 saturated carbocycles. The average Bonchev–Trinajstić information content (AvgIpc) is 3.90. The van der Waals surface area contributed by atoms with Gasteiger partial charge in [0.05, 0.1) is 22.1 Å². The predicted molar refractivity (Wildman–Crippen MR) is 257 cm³/mol. The summed E-state index contributed by atoms with van der Waals surface area (Å²) >= 11 is 0. The molecular weight excluding hydrogens is 741 g/mol. The molecule has 0 bridgehead atoms. The monoisotopic (exact) mass is 778 g/mol. The molecule has 61 heavy (non-hydrogen) atoms. The molecule has 0 aliphatic rings. The third kappa shape index (κ3) is 5.82. The molecule has 0 amide bonds. The van der Waals surface area contributed by atoms with Crippen LogP contribution >= 0.6 is 0 Å². The molecule has 0 aliphatic heterocycles. The molecule has 0 radical (unpaired) electrons. The van der Waals surface area contributed by atoms with Crippen LogP contribution in [0.2, 0.25) is 0 Å². The van der Waals surface area contributed by atoms with Crippen molar-refractivity contribution in [2.75, 3.05) is 4.90 Å². The molecule has 0 fully saturated rings. The van der Waals surface area contributed by atoms with Gasteiger partial charge in [0, 0.05) is 38.8 Å². The van der Waals surface area contributed by atoms with E-state index < -0.39 is 0 Å². The van der Waals surface area contributed by atoms with Crippen molar-refractivity contribution in [3.8, 4) is 39.1 Å². The maximum absolute atomic E-state index is 7.08. The number of para-hydroxylation sites is 3. The quantitative estimate of drug-likeness (QED) is 0.161. The van der Waals surface area contributed by atoms with Gasteiger partial charge in [0.2, 0.25) is 0 Å². The van der Waals surface area contributed by atoms with Gasteiger partial charge in [-0.1, -0.05) is 164 Å². The van der Waals surface area contributed by atoms with Gasteiger partial charge in [-0.3, -0.25) is 0 Å². The molecule has 12 rings (SSSR count). The van der Waals surface area contributed by atoms with Crippen LogP contribution in [-0.4, -0.2) is 4.57 Å². The van der Waals surface area contributed by atoms with Gasteiger partial charge < -0.3 is 13.9 Å². The minimum absolute atomic E-state index is 0.863. The first-order valence-corrected chi connectivity index (χ1v) is 20.8. The lowest BCUT2D eigenvalue weighted by Crippen LogP contribution is -2.10. The molecule has 12 aromatic rings. The van der Waals surface area contributed by atoms with E-state index in [2.05, 4.69) is 240 Å². The van der Waals surface area contributed by atoms with Crippen LogP contribution in [0.4, 0.5) is 17.1 Å². The van der Waals surface area contributed by atoms with Gasteiger partial charge in [-0.2, -0.15) is 0 Å².